The highest BCUT2D eigenvalue weighted by Crippen LogP contribution is 2.23. The first-order valence-electron chi connectivity index (χ1n) is 6.97. The first kappa shape index (κ1) is 16.5. The molecule has 1 aromatic carbocycles. The summed E-state index contributed by atoms with van der Waals surface area (Å²) >= 11 is 3.57. The van der Waals surface area contributed by atoms with Gasteiger partial charge in [-0.1, -0.05) is 28.9 Å². The molecule has 0 heterocycles. The van der Waals surface area contributed by atoms with Crippen LogP contribution in [0.4, 0.5) is 0 Å². The van der Waals surface area contributed by atoms with Gasteiger partial charge in [0.2, 0.25) is 0 Å². The van der Waals surface area contributed by atoms with Gasteiger partial charge in [0.15, 0.2) is 0 Å². The van der Waals surface area contributed by atoms with Crippen molar-refractivity contribution in [3.63, 3.8) is 0 Å². The maximum atomic E-state index is 5.60. The molecule has 0 aliphatic rings. The highest BCUT2D eigenvalue weighted by Gasteiger charge is 2.02. The fourth-order valence-corrected chi connectivity index (χ4v) is 2.27. The average Bonchev–Trinajstić information content (AvgIpc) is 2.40. The number of benzene rings is 1. The first-order chi connectivity index (χ1) is 9.27. The van der Waals surface area contributed by atoms with Gasteiger partial charge >= 0.3 is 0 Å². The molecule has 108 valence electrons. The Labute approximate surface area is 124 Å². The molecule has 1 rings (SSSR count). The summed E-state index contributed by atoms with van der Waals surface area (Å²) in [4.78, 5) is 0. The SMILES string of the molecule is CCCNCCOCCc1ccc(OCC)cc1Br. The Bertz CT molecular complexity index is 358. The van der Waals surface area contributed by atoms with Gasteiger partial charge in [-0.25, -0.2) is 0 Å². The van der Waals surface area contributed by atoms with Gasteiger partial charge in [0, 0.05) is 11.0 Å². The summed E-state index contributed by atoms with van der Waals surface area (Å²) in [6.45, 7) is 8.36. The van der Waals surface area contributed by atoms with E-state index in [1.807, 2.05) is 19.1 Å². The standard InChI is InChI=1S/C15H24BrNO2/c1-3-8-17-9-11-18-10-7-13-5-6-14(19-4-2)12-15(13)16/h5-6,12,17H,3-4,7-11H2,1-2H3. The predicted molar refractivity (Wildman–Crippen MR) is 83.0 cm³/mol. The molecule has 0 radical (unpaired) electrons. The number of rotatable bonds is 10. The molecular formula is C15H24BrNO2. The highest BCUT2D eigenvalue weighted by molar-refractivity contribution is 9.10. The zero-order valence-corrected chi connectivity index (χ0v) is 13.5. The Balaban J connectivity index is 2.22. The summed E-state index contributed by atoms with van der Waals surface area (Å²) in [5.41, 5.74) is 1.25. The Morgan fingerprint density at radius 3 is 2.68 bits per heavy atom. The summed E-state index contributed by atoms with van der Waals surface area (Å²) in [6.07, 6.45) is 2.08. The van der Waals surface area contributed by atoms with Gasteiger partial charge in [-0.15, -0.1) is 0 Å². The van der Waals surface area contributed by atoms with Crippen molar-refractivity contribution >= 4 is 15.9 Å². The number of halogens is 1. The summed E-state index contributed by atoms with van der Waals surface area (Å²) in [5, 5.41) is 3.32. The Morgan fingerprint density at radius 2 is 2.00 bits per heavy atom. The molecule has 0 saturated carbocycles. The predicted octanol–water partition coefficient (Wildman–Crippen LogP) is 3.41. The molecule has 0 spiro atoms. The van der Waals surface area contributed by atoms with Gasteiger partial charge < -0.3 is 14.8 Å². The second-order valence-electron chi connectivity index (χ2n) is 4.30. The smallest absolute Gasteiger partial charge is 0.120 e. The van der Waals surface area contributed by atoms with Crippen LogP contribution in [0.15, 0.2) is 22.7 Å². The molecule has 0 amide bonds. The fourth-order valence-electron chi connectivity index (χ4n) is 1.72. The molecule has 3 nitrogen and oxygen atoms in total. The van der Waals surface area contributed by atoms with Crippen molar-refractivity contribution in [1.82, 2.24) is 5.32 Å². The number of hydrogen-bond donors (Lipinski definition) is 1. The summed E-state index contributed by atoms with van der Waals surface area (Å²) in [6, 6.07) is 6.11. The molecule has 0 unspecified atom stereocenters. The maximum absolute atomic E-state index is 5.60. The zero-order valence-electron chi connectivity index (χ0n) is 11.9. The third kappa shape index (κ3) is 6.95. The molecule has 0 fully saturated rings. The van der Waals surface area contributed by atoms with Crippen molar-refractivity contribution in [2.75, 3.05) is 32.9 Å². The van der Waals surface area contributed by atoms with Gasteiger partial charge in [0.1, 0.15) is 5.75 Å². The van der Waals surface area contributed by atoms with Crippen molar-refractivity contribution in [3.05, 3.63) is 28.2 Å². The molecule has 0 atom stereocenters. The minimum Gasteiger partial charge on any atom is -0.494 e. The van der Waals surface area contributed by atoms with E-state index in [9.17, 15) is 0 Å². The van der Waals surface area contributed by atoms with E-state index in [1.54, 1.807) is 0 Å². The van der Waals surface area contributed by atoms with Gasteiger partial charge in [0.05, 0.1) is 19.8 Å². The molecule has 0 aromatic heterocycles. The number of hydrogen-bond acceptors (Lipinski definition) is 3. The maximum Gasteiger partial charge on any atom is 0.120 e. The quantitative estimate of drug-likeness (QED) is 0.667. The van der Waals surface area contributed by atoms with E-state index in [1.165, 1.54) is 12.0 Å². The molecule has 4 heteroatoms. The second kappa shape index (κ2) is 10.2. The Kier molecular flexibility index (Phi) is 8.88. The van der Waals surface area contributed by atoms with Crippen LogP contribution in [0, 0.1) is 0 Å². The lowest BCUT2D eigenvalue weighted by Crippen LogP contribution is -2.20. The molecule has 19 heavy (non-hydrogen) atoms. The van der Waals surface area contributed by atoms with Gasteiger partial charge in [-0.05, 0) is 44.0 Å². The summed E-state index contributed by atoms with van der Waals surface area (Å²) in [5.74, 6) is 0.905. The van der Waals surface area contributed by atoms with Crippen LogP contribution in [0.2, 0.25) is 0 Å². The minimum absolute atomic E-state index is 0.694. The van der Waals surface area contributed by atoms with Crippen molar-refractivity contribution in [2.45, 2.75) is 26.7 Å². The summed E-state index contributed by atoms with van der Waals surface area (Å²) in [7, 11) is 0. The van der Waals surface area contributed by atoms with Gasteiger partial charge in [-0.2, -0.15) is 0 Å². The lowest BCUT2D eigenvalue weighted by atomic mass is 10.1. The average molecular weight is 330 g/mol. The normalized spacial score (nSPS) is 10.7. The molecule has 0 aliphatic heterocycles. The van der Waals surface area contributed by atoms with Crippen LogP contribution >= 0.6 is 15.9 Å². The van der Waals surface area contributed by atoms with E-state index in [4.69, 9.17) is 9.47 Å². The minimum atomic E-state index is 0.694. The van der Waals surface area contributed by atoms with Crippen LogP contribution in [0.1, 0.15) is 25.8 Å². The van der Waals surface area contributed by atoms with Gasteiger partial charge in [0.25, 0.3) is 0 Å². The van der Waals surface area contributed by atoms with Crippen molar-refractivity contribution < 1.29 is 9.47 Å². The van der Waals surface area contributed by atoms with E-state index < -0.39 is 0 Å². The lowest BCUT2D eigenvalue weighted by Gasteiger charge is -2.09. The Hall–Kier alpha value is -0.580. The zero-order chi connectivity index (χ0) is 13.9. The van der Waals surface area contributed by atoms with Crippen LogP contribution in [0.5, 0.6) is 5.75 Å². The largest absolute Gasteiger partial charge is 0.494 e. The van der Waals surface area contributed by atoms with E-state index >= 15 is 0 Å². The van der Waals surface area contributed by atoms with Crippen LogP contribution in [0.25, 0.3) is 0 Å². The lowest BCUT2D eigenvalue weighted by molar-refractivity contribution is 0.139. The van der Waals surface area contributed by atoms with Crippen molar-refractivity contribution in [2.24, 2.45) is 0 Å². The fraction of sp³-hybridized carbons (Fsp3) is 0.600. The number of nitrogens with one attached hydrogen (secondary N) is 1. The molecule has 0 bridgehead atoms. The first-order valence-corrected chi connectivity index (χ1v) is 7.77. The monoisotopic (exact) mass is 329 g/mol. The third-order valence-corrected chi connectivity index (χ3v) is 3.44. The van der Waals surface area contributed by atoms with Crippen LogP contribution in [-0.4, -0.2) is 32.9 Å². The Morgan fingerprint density at radius 1 is 1.16 bits per heavy atom. The van der Waals surface area contributed by atoms with Crippen molar-refractivity contribution in [3.8, 4) is 5.75 Å². The molecular weight excluding hydrogens is 306 g/mol. The highest BCUT2D eigenvalue weighted by atomic mass is 79.9. The number of ether oxygens (including phenoxy) is 2. The van der Waals surface area contributed by atoms with Gasteiger partial charge in [-0.3, -0.25) is 0 Å². The van der Waals surface area contributed by atoms with Crippen molar-refractivity contribution in [1.29, 1.82) is 0 Å². The van der Waals surface area contributed by atoms with E-state index in [0.29, 0.717) is 6.61 Å². The van der Waals surface area contributed by atoms with E-state index in [-0.39, 0.29) is 0 Å². The molecule has 1 aromatic rings. The molecule has 0 aliphatic carbocycles. The topological polar surface area (TPSA) is 30.5 Å². The molecule has 1 N–H and O–H groups in total. The molecule has 0 saturated heterocycles. The van der Waals surface area contributed by atoms with Crippen LogP contribution in [-0.2, 0) is 11.2 Å². The van der Waals surface area contributed by atoms with Crippen LogP contribution < -0.4 is 10.1 Å². The second-order valence-corrected chi connectivity index (χ2v) is 5.15. The van der Waals surface area contributed by atoms with E-state index in [2.05, 4.69) is 34.2 Å². The summed E-state index contributed by atoms with van der Waals surface area (Å²) < 4.78 is 12.1. The van der Waals surface area contributed by atoms with E-state index in [0.717, 1.165) is 42.9 Å². The third-order valence-electron chi connectivity index (χ3n) is 2.70. The van der Waals surface area contributed by atoms with Crippen LogP contribution in [0.3, 0.4) is 0 Å².